The molecule has 2 aliphatic heterocycles. The first kappa shape index (κ1) is 17.2. The molecule has 0 aliphatic carbocycles. The van der Waals surface area contributed by atoms with E-state index in [-0.39, 0.29) is 30.7 Å². The predicted octanol–water partition coefficient (Wildman–Crippen LogP) is 0.420. The van der Waals surface area contributed by atoms with Crippen LogP contribution in [0.1, 0.15) is 39.5 Å². The quantitative estimate of drug-likeness (QED) is 0.712. The Bertz CT molecular complexity index is 523. The third-order valence-electron chi connectivity index (χ3n) is 4.41. The Labute approximate surface area is 134 Å². The Morgan fingerprint density at radius 2 is 1.87 bits per heavy atom. The number of carbonyl (C=O) groups excluding carboxylic acids is 3. The molecule has 0 aromatic heterocycles. The number of carboxylic acids is 1. The molecular formula is C15H23N3O5. The second-order valence-corrected chi connectivity index (χ2v) is 6.61. The number of carbonyl (C=O) groups is 4. The van der Waals surface area contributed by atoms with Gasteiger partial charge in [0.2, 0.25) is 5.91 Å². The van der Waals surface area contributed by atoms with Crippen molar-refractivity contribution in [2.24, 2.45) is 5.92 Å². The van der Waals surface area contributed by atoms with Crippen LogP contribution >= 0.6 is 0 Å². The molecule has 128 valence electrons. The number of amides is 4. The van der Waals surface area contributed by atoms with Gasteiger partial charge in [0.15, 0.2) is 0 Å². The second-order valence-electron chi connectivity index (χ2n) is 6.61. The number of rotatable bonds is 5. The molecule has 8 nitrogen and oxygen atoms in total. The third-order valence-corrected chi connectivity index (χ3v) is 4.41. The number of likely N-dealkylation sites (tertiary alicyclic amines) is 1. The Hall–Kier alpha value is -2.12. The molecule has 0 saturated carbocycles. The average Bonchev–Trinajstić information content (AvgIpc) is 2.68. The largest absolute Gasteiger partial charge is 0.481 e. The summed E-state index contributed by atoms with van der Waals surface area (Å²) in [5.41, 5.74) is -0.889. The van der Waals surface area contributed by atoms with E-state index in [1.165, 1.54) is 0 Å². The van der Waals surface area contributed by atoms with Crippen LogP contribution in [0.2, 0.25) is 0 Å². The standard InChI is InChI=1S/C15H23N3O5/c1-15(2)13(22)18(14(23)16-15)7-3-4-11(19)17-8-5-10(6-9-17)12(20)21/h10H,3-9H2,1-2H3,(H,16,23)(H,20,21). The lowest BCUT2D eigenvalue weighted by Crippen LogP contribution is -2.41. The van der Waals surface area contributed by atoms with Gasteiger partial charge in [0, 0.05) is 26.1 Å². The fourth-order valence-corrected chi connectivity index (χ4v) is 2.94. The first-order valence-corrected chi connectivity index (χ1v) is 7.87. The van der Waals surface area contributed by atoms with Gasteiger partial charge in [0.1, 0.15) is 5.54 Å². The van der Waals surface area contributed by atoms with Gasteiger partial charge in [-0.15, -0.1) is 0 Å². The topological polar surface area (TPSA) is 107 Å². The van der Waals surface area contributed by atoms with Gasteiger partial charge in [-0.3, -0.25) is 19.3 Å². The van der Waals surface area contributed by atoms with Crippen molar-refractivity contribution in [1.82, 2.24) is 15.1 Å². The molecule has 2 rings (SSSR count). The molecule has 23 heavy (non-hydrogen) atoms. The highest BCUT2D eigenvalue weighted by molar-refractivity contribution is 6.06. The fraction of sp³-hybridized carbons (Fsp3) is 0.733. The highest BCUT2D eigenvalue weighted by Crippen LogP contribution is 2.19. The van der Waals surface area contributed by atoms with Crippen molar-refractivity contribution in [3.63, 3.8) is 0 Å². The summed E-state index contributed by atoms with van der Waals surface area (Å²) < 4.78 is 0. The van der Waals surface area contributed by atoms with E-state index < -0.39 is 17.5 Å². The van der Waals surface area contributed by atoms with Crippen molar-refractivity contribution >= 4 is 23.8 Å². The van der Waals surface area contributed by atoms with E-state index in [4.69, 9.17) is 5.11 Å². The van der Waals surface area contributed by atoms with E-state index in [2.05, 4.69) is 5.32 Å². The number of hydrogen-bond donors (Lipinski definition) is 2. The smallest absolute Gasteiger partial charge is 0.325 e. The van der Waals surface area contributed by atoms with Crippen molar-refractivity contribution in [3.05, 3.63) is 0 Å². The Balaban J connectivity index is 1.75. The summed E-state index contributed by atoms with van der Waals surface area (Å²) in [6.45, 7) is 4.40. The first-order chi connectivity index (χ1) is 10.7. The molecule has 0 spiro atoms. The summed E-state index contributed by atoms with van der Waals surface area (Å²) in [4.78, 5) is 49.5. The monoisotopic (exact) mass is 325 g/mol. The maximum atomic E-state index is 12.1. The second kappa shape index (κ2) is 6.55. The molecule has 2 heterocycles. The van der Waals surface area contributed by atoms with Crippen molar-refractivity contribution in [3.8, 4) is 0 Å². The SMILES string of the molecule is CC1(C)NC(=O)N(CCCC(=O)N2CCC(C(=O)O)CC2)C1=O. The van der Waals surface area contributed by atoms with Crippen LogP contribution in [0.25, 0.3) is 0 Å². The Kier molecular flexibility index (Phi) is 4.91. The van der Waals surface area contributed by atoms with E-state index >= 15 is 0 Å². The summed E-state index contributed by atoms with van der Waals surface area (Å²) in [6.07, 6.45) is 1.60. The van der Waals surface area contributed by atoms with Crippen LogP contribution in [-0.2, 0) is 14.4 Å². The molecule has 2 N–H and O–H groups in total. The minimum atomic E-state index is -0.889. The molecule has 0 bridgehead atoms. The number of imide groups is 1. The van der Waals surface area contributed by atoms with Gasteiger partial charge < -0.3 is 15.3 Å². The van der Waals surface area contributed by atoms with Crippen LogP contribution in [0.15, 0.2) is 0 Å². The lowest BCUT2D eigenvalue weighted by atomic mass is 9.97. The molecule has 2 saturated heterocycles. The molecule has 4 amide bonds. The zero-order valence-electron chi connectivity index (χ0n) is 13.5. The highest BCUT2D eigenvalue weighted by Gasteiger charge is 2.43. The number of carboxylic acid groups (broad SMARTS) is 1. The lowest BCUT2D eigenvalue weighted by molar-refractivity contribution is -0.145. The van der Waals surface area contributed by atoms with Crippen molar-refractivity contribution in [1.29, 1.82) is 0 Å². The zero-order chi connectivity index (χ0) is 17.2. The molecule has 0 aromatic carbocycles. The van der Waals surface area contributed by atoms with Crippen LogP contribution < -0.4 is 5.32 Å². The summed E-state index contributed by atoms with van der Waals surface area (Å²) in [6, 6.07) is -0.422. The van der Waals surface area contributed by atoms with Crippen molar-refractivity contribution in [2.75, 3.05) is 19.6 Å². The number of urea groups is 1. The number of aliphatic carboxylic acids is 1. The van der Waals surface area contributed by atoms with Gasteiger partial charge in [0.05, 0.1) is 5.92 Å². The molecule has 0 unspecified atom stereocenters. The van der Waals surface area contributed by atoms with Crippen LogP contribution in [0, 0.1) is 5.92 Å². The van der Waals surface area contributed by atoms with Crippen LogP contribution in [-0.4, -0.2) is 63.9 Å². The minimum absolute atomic E-state index is 0.0554. The zero-order valence-corrected chi connectivity index (χ0v) is 13.5. The maximum absolute atomic E-state index is 12.1. The maximum Gasteiger partial charge on any atom is 0.325 e. The van der Waals surface area contributed by atoms with Crippen molar-refractivity contribution < 1.29 is 24.3 Å². The molecule has 8 heteroatoms. The van der Waals surface area contributed by atoms with Gasteiger partial charge in [-0.25, -0.2) is 4.79 Å². The van der Waals surface area contributed by atoms with E-state index in [9.17, 15) is 19.2 Å². The summed E-state index contributed by atoms with van der Waals surface area (Å²) >= 11 is 0. The van der Waals surface area contributed by atoms with Crippen molar-refractivity contribution in [2.45, 2.75) is 45.1 Å². The molecule has 2 fully saturated rings. The van der Waals surface area contributed by atoms with Crippen LogP contribution in [0.3, 0.4) is 0 Å². The summed E-state index contributed by atoms with van der Waals surface area (Å²) in [5, 5.41) is 11.5. The van der Waals surface area contributed by atoms with Crippen LogP contribution in [0.5, 0.6) is 0 Å². The van der Waals surface area contributed by atoms with E-state index in [1.54, 1.807) is 18.7 Å². The average molecular weight is 325 g/mol. The molecule has 2 aliphatic rings. The molecule has 0 aromatic rings. The van der Waals surface area contributed by atoms with E-state index in [0.29, 0.717) is 32.4 Å². The highest BCUT2D eigenvalue weighted by atomic mass is 16.4. The van der Waals surface area contributed by atoms with Crippen LogP contribution in [0.4, 0.5) is 4.79 Å². The normalized spacial score (nSPS) is 21.5. The predicted molar refractivity (Wildman–Crippen MR) is 80.5 cm³/mol. The molecule has 0 atom stereocenters. The molecule has 0 radical (unpaired) electrons. The fourth-order valence-electron chi connectivity index (χ4n) is 2.94. The third kappa shape index (κ3) is 3.80. The van der Waals surface area contributed by atoms with Gasteiger partial charge in [-0.05, 0) is 33.1 Å². The Morgan fingerprint density at radius 3 is 2.35 bits per heavy atom. The van der Waals surface area contributed by atoms with Gasteiger partial charge in [-0.2, -0.15) is 0 Å². The number of piperidine rings is 1. The van der Waals surface area contributed by atoms with E-state index in [1.807, 2.05) is 0 Å². The molecular weight excluding hydrogens is 302 g/mol. The lowest BCUT2D eigenvalue weighted by Gasteiger charge is -2.30. The van der Waals surface area contributed by atoms with Gasteiger partial charge in [-0.1, -0.05) is 0 Å². The number of nitrogens with zero attached hydrogens (tertiary/aromatic N) is 2. The first-order valence-electron chi connectivity index (χ1n) is 7.87. The summed E-state index contributed by atoms with van der Waals surface area (Å²) in [7, 11) is 0. The Morgan fingerprint density at radius 1 is 1.26 bits per heavy atom. The minimum Gasteiger partial charge on any atom is -0.481 e. The van der Waals surface area contributed by atoms with Gasteiger partial charge in [0.25, 0.3) is 5.91 Å². The number of nitrogens with one attached hydrogen (secondary N) is 1. The van der Waals surface area contributed by atoms with E-state index in [0.717, 1.165) is 4.90 Å². The van der Waals surface area contributed by atoms with Gasteiger partial charge >= 0.3 is 12.0 Å². The number of hydrogen-bond acceptors (Lipinski definition) is 4. The summed E-state index contributed by atoms with van der Waals surface area (Å²) in [5.74, 6) is -1.51.